The highest BCUT2D eigenvalue weighted by Gasteiger charge is 2.08. The van der Waals surface area contributed by atoms with Gasteiger partial charge in [-0.15, -0.1) is 0 Å². The molecule has 0 spiro atoms. The van der Waals surface area contributed by atoms with Crippen LogP contribution >= 0.6 is 0 Å². The molecule has 0 fully saturated rings. The Morgan fingerprint density at radius 2 is 2.05 bits per heavy atom. The molecule has 1 N–H and O–H groups in total. The number of para-hydroxylation sites is 1. The number of hydrogen-bond acceptors (Lipinski definition) is 4. The number of nitrogens with zero attached hydrogens (tertiary/aromatic N) is 2. The molecular formula is C15H21N3O2. The van der Waals surface area contributed by atoms with Gasteiger partial charge in [-0.05, 0) is 12.1 Å². The Labute approximate surface area is 119 Å². The monoisotopic (exact) mass is 275 g/mol. The lowest BCUT2D eigenvalue weighted by atomic mass is 10.2. The zero-order valence-electron chi connectivity index (χ0n) is 12.2. The van der Waals surface area contributed by atoms with Gasteiger partial charge in [0, 0.05) is 44.0 Å². The van der Waals surface area contributed by atoms with Crippen LogP contribution in [0.1, 0.15) is 11.3 Å². The highest BCUT2D eigenvalue weighted by molar-refractivity contribution is 5.46. The first kappa shape index (κ1) is 14.4. The molecule has 0 aliphatic carbocycles. The minimum Gasteiger partial charge on any atom is -0.493 e. The van der Waals surface area contributed by atoms with Crippen molar-refractivity contribution in [1.82, 2.24) is 15.1 Å². The minimum atomic E-state index is 0.748. The molecule has 0 amide bonds. The average molecular weight is 275 g/mol. The maximum absolute atomic E-state index is 5.41. The van der Waals surface area contributed by atoms with E-state index in [4.69, 9.17) is 9.47 Å². The maximum atomic E-state index is 5.41. The highest BCUT2D eigenvalue weighted by atomic mass is 16.5. The average Bonchev–Trinajstić information content (AvgIpc) is 2.88. The first-order valence-corrected chi connectivity index (χ1v) is 6.63. The number of aryl methyl sites for hydroxylation is 1. The van der Waals surface area contributed by atoms with Crippen LogP contribution in [0.5, 0.6) is 11.5 Å². The maximum Gasteiger partial charge on any atom is 0.165 e. The Bertz CT molecular complexity index is 552. The molecule has 2 aromatic rings. The van der Waals surface area contributed by atoms with E-state index in [0.29, 0.717) is 0 Å². The zero-order chi connectivity index (χ0) is 14.4. The van der Waals surface area contributed by atoms with Gasteiger partial charge < -0.3 is 14.8 Å². The molecule has 1 aromatic heterocycles. The predicted molar refractivity (Wildman–Crippen MR) is 78.2 cm³/mol. The van der Waals surface area contributed by atoms with Gasteiger partial charge in [-0.3, -0.25) is 4.68 Å². The van der Waals surface area contributed by atoms with Gasteiger partial charge in [-0.1, -0.05) is 12.1 Å². The van der Waals surface area contributed by atoms with Crippen LogP contribution in [0.3, 0.4) is 0 Å². The topological polar surface area (TPSA) is 48.3 Å². The zero-order valence-corrected chi connectivity index (χ0v) is 12.2. The molecule has 0 saturated carbocycles. The summed E-state index contributed by atoms with van der Waals surface area (Å²) < 4.78 is 12.6. The van der Waals surface area contributed by atoms with Crippen molar-refractivity contribution >= 4 is 0 Å². The molecule has 0 aliphatic rings. The fraction of sp³-hybridized carbons (Fsp3) is 0.400. The van der Waals surface area contributed by atoms with Crippen LogP contribution in [0.4, 0.5) is 0 Å². The van der Waals surface area contributed by atoms with E-state index in [2.05, 4.69) is 10.4 Å². The van der Waals surface area contributed by atoms with Crippen molar-refractivity contribution < 1.29 is 9.47 Å². The Kier molecular flexibility index (Phi) is 5.01. The fourth-order valence-electron chi connectivity index (χ4n) is 2.18. The van der Waals surface area contributed by atoms with E-state index in [-0.39, 0.29) is 0 Å². The van der Waals surface area contributed by atoms with E-state index in [9.17, 15) is 0 Å². The summed E-state index contributed by atoms with van der Waals surface area (Å²) in [5, 5.41) is 7.57. The fourth-order valence-corrected chi connectivity index (χ4v) is 2.18. The van der Waals surface area contributed by atoms with Crippen molar-refractivity contribution in [2.75, 3.05) is 20.8 Å². The predicted octanol–water partition coefficient (Wildman–Crippen LogP) is 1.77. The summed E-state index contributed by atoms with van der Waals surface area (Å²) in [4.78, 5) is 0. The van der Waals surface area contributed by atoms with Gasteiger partial charge in [0.15, 0.2) is 11.5 Å². The minimum absolute atomic E-state index is 0.748. The number of methoxy groups -OCH3 is 2. The summed E-state index contributed by atoms with van der Waals surface area (Å²) >= 11 is 0. The second kappa shape index (κ2) is 6.96. The number of rotatable bonds is 7. The summed E-state index contributed by atoms with van der Waals surface area (Å²) in [7, 11) is 5.27. The first-order valence-electron chi connectivity index (χ1n) is 6.63. The second-order valence-electron chi connectivity index (χ2n) is 4.53. The van der Waals surface area contributed by atoms with Crippen molar-refractivity contribution in [3.8, 4) is 11.5 Å². The number of benzene rings is 1. The summed E-state index contributed by atoms with van der Waals surface area (Å²) in [6.45, 7) is 1.64. The first-order chi connectivity index (χ1) is 9.76. The van der Waals surface area contributed by atoms with E-state index < -0.39 is 0 Å². The quantitative estimate of drug-likeness (QED) is 0.782. The summed E-state index contributed by atoms with van der Waals surface area (Å²) in [5.74, 6) is 1.56. The second-order valence-corrected chi connectivity index (χ2v) is 4.53. The van der Waals surface area contributed by atoms with Crippen LogP contribution in [0.25, 0.3) is 0 Å². The van der Waals surface area contributed by atoms with Gasteiger partial charge >= 0.3 is 0 Å². The molecule has 0 bridgehead atoms. The smallest absolute Gasteiger partial charge is 0.165 e. The molecule has 108 valence electrons. The molecule has 0 aliphatic heterocycles. The van der Waals surface area contributed by atoms with Crippen LogP contribution in [-0.4, -0.2) is 30.5 Å². The van der Waals surface area contributed by atoms with E-state index in [0.717, 1.165) is 36.6 Å². The van der Waals surface area contributed by atoms with Crippen molar-refractivity contribution in [1.29, 1.82) is 0 Å². The summed E-state index contributed by atoms with van der Waals surface area (Å²) in [6.07, 6.45) is 2.77. The van der Waals surface area contributed by atoms with Gasteiger partial charge in [0.25, 0.3) is 0 Å². The van der Waals surface area contributed by atoms with Crippen LogP contribution in [0.15, 0.2) is 30.5 Å². The molecule has 0 radical (unpaired) electrons. The highest BCUT2D eigenvalue weighted by Crippen LogP contribution is 2.30. The molecule has 20 heavy (non-hydrogen) atoms. The van der Waals surface area contributed by atoms with Crippen molar-refractivity contribution in [2.24, 2.45) is 7.05 Å². The van der Waals surface area contributed by atoms with Gasteiger partial charge in [0.1, 0.15) is 0 Å². The Balaban J connectivity index is 1.89. The van der Waals surface area contributed by atoms with Crippen LogP contribution in [0, 0.1) is 0 Å². The van der Waals surface area contributed by atoms with Gasteiger partial charge in [0.2, 0.25) is 0 Å². The van der Waals surface area contributed by atoms with Crippen LogP contribution in [0.2, 0.25) is 0 Å². The van der Waals surface area contributed by atoms with E-state index >= 15 is 0 Å². The molecule has 0 unspecified atom stereocenters. The van der Waals surface area contributed by atoms with Gasteiger partial charge in [0.05, 0.1) is 14.2 Å². The van der Waals surface area contributed by atoms with Crippen LogP contribution in [-0.2, 0) is 20.0 Å². The lowest BCUT2D eigenvalue weighted by Gasteiger charge is -2.13. The van der Waals surface area contributed by atoms with Crippen molar-refractivity contribution in [3.05, 3.63) is 41.7 Å². The Morgan fingerprint density at radius 3 is 2.70 bits per heavy atom. The molecule has 1 heterocycles. The van der Waals surface area contributed by atoms with Crippen molar-refractivity contribution in [3.63, 3.8) is 0 Å². The number of nitrogens with one attached hydrogen (secondary N) is 1. The molecular weight excluding hydrogens is 254 g/mol. The van der Waals surface area contributed by atoms with E-state index in [1.807, 2.05) is 42.2 Å². The molecule has 2 rings (SSSR count). The number of hydrogen-bond donors (Lipinski definition) is 1. The molecule has 0 saturated heterocycles. The van der Waals surface area contributed by atoms with E-state index in [1.165, 1.54) is 5.69 Å². The largest absolute Gasteiger partial charge is 0.493 e. The van der Waals surface area contributed by atoms with Gasteiger partial charge in [-0.2, -0.15) is 5.10 Å². The Hall–Kier alpha value is -2.01. The molecule has 5 nitrogen and oxygen atoms in total. The van der Waals surface area contributed by atoms with E-state index in [1.54, 1.807) is 14.2 Å². The normalized spacial score (nSPS) is 10.6. The lowest BCUT2D eigenvalue weighted by molar-refractivity contribution is 0.350. The standard InChI is InChI=1S/C15H21N3O2/c1-18-13(8-10-17-18)7-9-16-11-12-5-4-6-14(19-2)15(12)20-3/h4-6,8,10,16H,7,9,11H2,1-3H3. The lowest BCUT2D eigenvalue weighted by Crippen LogP contribution is -2.18. The summed E-state index contributed by atoms with van der Waals surface area (Å²) in [6, 6.07) is 7.95. The molecule has 1 aromatic carbocycles. The third-order valence-electron chi connectivity index (χ3n) is 3.28. The summed E-state index contributed by atoms with van der Waals surface area (Å²) in [5.41, 5.74) is 2.31. The Morgan fingerprint density at radius 1 is 1.20 bits per heavy atom. The third kappa shape index (κ3) is 3.30. The SMILES string of the molecule is COc1cccc(CNCCc2ccnn2C)c1OC. The number of ether oxygens (including phenoxy) is 2. The van der Waals surface area contributed by atoms with Crippen LogP contribution < -0.4 is 14.8 Å². The molecule has 0 atom stereocenters. The van der Waals surface area contributed by atoms with Gasteiger partial charge in [-0.25, -0.2) is 0 Å². The van der Waals surface area contributed by atoms with Crippen molar-refractivity contribution in [2.45, 2.75) is 13.0 Å². The third-order valence-corrected chi connectivity index (χ3v) is 3.28. The molecule has 5 heteroatoms. The number of aromatic nitrogens is 2.